The third kappa shape index (κ3) is 1.93. The highest BCUT2D eigenvalue weighted by Crippen LogP contribution is 2.29. The minimum absolute atomic E-state index is 0.285. The predicted molar refractivity (Wildman–Crippen MR) is 60.9 cm³/mol. The van der Waals surface area contributed by atoms with Gasteiger partial charge in [-0.05, 0) is 24.5 Å². The van der Waals surface area contributed by atoms with Gasteiger partial charge in [-0.15, -0.1) is 0 Å². The lowest BCUT2D eigenvalue weighted by Gasteiger charge is -2.08. The Balaban J connectivity index is 1.84. The molecule has 1 aromatic heterocycles. The van der Waals surface area contributed by atoms with Crippen LogP contribution in [0.15, 0.2) is 12.1 Å². The second-order valence-electron chi connectivity index (χ2n) is 4.85. The number of ether oxygens (including phenoxy) is 1. The summed E-state index contributed by atoms with van der Waals surface area (Å²) in [6, 6.07) is 4.07. The number of carboxylic acid groups (broad SMARTS) is 1. The molecule has 2 unspecified atom stereocenters. The minimum Gasteiger partial charge on any atom is -0.481 e. The van der Waals surface area contributed by atoms with E-state index in [2.05, 4.69) is 4.98 Å². The van der Waals surface area contributed by atoms with E-state index in [0.29, 0.717) is 18.8 Å². The lowest BCUT2D eigenvalue weighted by molar-refractivity contribution is -0.141. The van der Waals surface area contributed by atoms with E-state index in [1.807, 2.05) is 12.1 Å². The van der Waals surface area contributed by atoms with Crippen LogP contribution in [0, 0.1) is 5.92 Å². The molecule has 4 nitrogen and oxygen atoms in total. The van der Waals surface area contributed by atoms with Crippen LogP contribution >= 0.6 is 0 Å². The summed E-state index contributed by atoms with van der Waals surface area (Å²) in [4.78, 5) is 15.6. The van der Waals surface area contributed by atoms with Crippen molar-refractivity contribution in [2.24, 2.45) is 5.92 Å². The summed E-state index contributed by atoms with van der Waals surface area (Å²) < 4.78 is 5.36. The van der Waals surface area contributed by atoms with E-state index < -0.39 is 5.97 Å². The average molecular weight is 233 g/mol. The van der Waals surface area contributed by atoms with Crippen molar-refractivity contribution in [3.8, 4) is 0 Å². The molecule has 0 spiro atoms. The summed E-state index contributed by atoms with van der Waals surface area (Å²) >= 11 is 0. The fourth-order valence-corrected chi connectivity index (χ4v) is 2.65. The molecule has 1 saturated heterocycles. The molecule has 2 atom stereocenters. The number of hydrogen-bond acceptors (Lipinski definition) is 3. The number of rotatable bonds is 2. The van der Waals surface area contributed by atoms with Crippen LogP contribution in [-0.2, 0) is 22.4 Å². The van der Waals surface area contributed by atoms with Crippen LogP contribution in [0.3, 0.4) is 0 Å². The first-order chi connectivity index (χ1) is 8.24. The summed E-state index contributed by atoms with van der Waals surface area (Å²) in [5, 5.41) is 9.02. The van der Waals surface area contributed by atoms with Crippen LogP contribution in [0.1, 0.15) is 29.3 Å². The topological polar surface area (TPSA) is 59.4 Å². The molecular weight excluding hydrogens is 218 g/mol. The highest BCUT2D eigenvalue weighted by Gasteiger charge is 2.29. The second-order valence-corrected chi connectivity index (χ2v) is 4.85. The molecule has 4 heteroatoms. The van der Waals surface area contributed by atoms with Crippen molar-refractivity contribution < 1.29 is 14.6 Å². The van der Waals surface area contributed by atoms with Crippen LogP contribution < -0.4 is 0 Å². The molecule has 0 saturated carbocycles. The molecule has 2 aliphatic rings. The summed E-state index contributed by atoms with van der Waals surface area (Å²) in [5.74, 6) is -0.606. The van der Waals surface area contributed by atoms with Gasteiger partial charge in [0, 0.05) is 30.3 Å². The number of carbonyl (C=O) groups is 1. The van der Waals surface area contributed by atoms with Gasteiger partial charge in [-0.2, -0.15) is 0 Å². The molecule has 1 aliphatic heterocycles. The molecule has 1 fully saturated rings. The maximum Gasteiger partial charge on any atom is 0.307 e. The molecule has 0 amide bonds. The fraction of sp³-hybridized carbons (Fsp3) is 0.538. The van der Waals surface area contributed by atoms with E-state index in [9.17, 15) is 4.79 Å². The van der Waals surface area contributed by atoms with Gasteiger partial charge in [-0.3, -0.25) is 9.78 Å². The molecule has 1 aliphatic carbocycles. The molecule has 1 N–H and O–H groups in total. The Labute approximate surface area is 99.6 Å². The van der Waals surface area contributed by atoms with E-state index in [1.165, 1.54) is 0 Å². The highest BCUT2D eigenvalue weighted by molar-refractivity contribution is 5.72. The largest absolute Gasteiger partial charge is 0.481 e. The van der Waals surface area contributed by atoms with Crippen molar-refractivity contribution in [1.82, 2.24) is 4.98 Å². The molecule has 3 rings (SSSR count). The van der Waals surface area contributed by atoms with Gasteiger partial charge in [-0.25, -0.2) is 0 Å². The fourth-order valence-electron chi connectivity index (χ4n) is 2.65. The number of fused-ring (bicyclic) bond motifs is 1. The Morgan fingerprint density at radius 3 is 3.00 bits per heavy atom. The zero-order chi connectivity index (χ0) is 11.8. The van der Waals surface area contributed by atoms with Gasteiger partial charge in [-0.1, -0.05) is 6.07 Å². The number of nitrogens with zero attached hydrogens (tertiary/aromatic N) is 1. The molecule has 2 heterocycles. The van der Waals surface area contributed by atoms with Crippen molar-refractivity contribution in [2.75, 3.05) is 13.2 Å². The van der Waals surface area contributed by atoms with Gasteiger partial charge in [0.1, 0.15) is 0 Å². The van der Waals surface area contributed by atoms with Crippen LogP contribution in [-0.4, -0.2) is 29.3 Å². The van der Waals surface area contributed by atoms with E-state index in [4.69, 9.17) is 9.84 Å². The third-order valence-corrected chi connectivity index (χ3v) is 3.69. The summed E-state index contributed by atoms with van der Waals surface area (Å²) in [7, 11) is 0. The lowest BCUT2D eigenvalue weighted by atomic mass is 10.0. The molecule has 0 radical (unpaired) electrons. The van der Waals surface area contributed by atoms with Crippen LogP contribution in [0.4, 0.5) is 0 Å². The normalized spacial score (nSPS) is 27.1. The maximum absolute atomic E-state index is 11.0. The lowest BCUT2D eigenvalue weighted by Crippen LogP contribution is -2.13. The third-order valence-electron chi connectivity index (χ3n) is 3.69. The summed E-state index contributed by atoms with van der Waals surface area (Å²) in [6.07, 6.45) is 2.22. The van der Waals surface area contributed by atoms with Gasteiger partial charge in [0.2, 0.25) is 0 Å². The predicted octanol–water partition coefficient (Wildman–Crippen LogP) is 1.38. The number of pyridine rings is 1. The van der Waals surface area contributed by atoms with Gasteiger partial charge in [0.05, 0.1) is 12.5 Å². The molecular formula is C13H15NO3. The van der Waals surface area contributed by atoms with Crippen LogP contribution in [0.2, 0.25) is 0 Å². The molecule has 0 bridgehead atoms. The number of hydrogen-bond donors (Lipinski definition) is 1. The van der Waals surface area contributed by atoms with E-state index in [1.54, 1.807) is 0 Å². The molecule has 90 valence electrons. The Morgan fingerprint density at radius 1 is 1.41 bits per heavy atom. The smallest absolute Gasteiger partial charge is 0.307 e. The zero-order valence-corrected chi connectivity index (χ0v) is 9.56. The SMILES string of the molecule is O=C(O)C1Cc2ccc(C3CCOC3)nc2C1. The van der Waals surface area contributed by atoms with Gasteiger partial charge < -0.3 is 9.84 Å². The standard InChI is InChI=1S/C13H15NO3/c15-13(16)10-5-8-1-2-11(14-12(8)6-10)9-3-4-17-7-9/h1-2,9-10H,3-7H2,(H,15,16). The Morgan fingerprint density at radius 2 is 2.29 bits per heavy atom. The molecule has 17 heavy (non-hydrogen) atoms. The van der Waals surface area contributed by atoms with E-state index in [0.717, 1.165) is 36.6 Å². The monoisotopic (exact) mass is 233 g/mol. The summed E-state index contributed by atoms with van der Waals surface area (Å²) in [5.41, 5.74) is 3.13. The summed E-state index contributed by atoms with van der Waals surface area (Å²) in [6.45, 7) is 1.55. The maximum atomic E-state index is 11.0. The second kappa shape index (κ2) is 4.11. The minimum atomic E-state index is -0.714. The first-order valence-electron chi connectivity index (χ1n) is 6.03. The van der Waals surface area contributed by atoms with Gasteiger partial charge in [0.25, 0.3) is 0 Å². The van der Waals surface area contributed by atoms with Crippen molar-refractivity contribution in [3.63, 3.8) is 0 Å². The van der Waals surface area contributed by atoms with Gasteiger partial charge in [0.15, 0.2) is 0 Å². The van der Waals surface area contributed by atoms with Crippen LogP contribution in [0.25, 0.3) is 0 Å². The van der Waals surface area contributed by atoms with Crippen molar-refractivity contribution >= 4 is 5.97 Å². The molecule has 0 aromatic carbocycles. The first-order valence-corrected chi connectivity index (χ1v) is 6.03. The average Bonchev–Trinajstić information content (AvgIpc) is 2.97. The van der Waals surface area contributed by atoms with Gasteiger partial charge >= 0.3 is 5.97 Å². The Hall–Kier alpha value is -1.42. The highest BCUT2D eigenvalue weighted by atomic mass is 16.5. The number of carboxylic acids is 1. The van der Waals surface area contributed by atoms with Crippen LogP contribution in [0.5, 0.6) is 0 Å². The Bertz CT molecular complexity index is 452. The van der Waals surface area contributed by atoms with Crippen molar-refractivity contribution in [1.29, 1.82) is 0 Å². The van der Waals surface area contributed by atoms with Crippen molar-refractivity contribution in [2.45, 2.75) is 25.2 Å². The van der Waals surface area contributed by atoms with E-state index >= 15 is 0 Å². The quantitative estimate of drug-likeness (QED) is 0.838. The number of aromatic nitrogens is 1. The van der Waals surface area contributed by atoms with E-state index in [-0.39, 0.29) is 5.92 Å². The van der Waals surface area contributed by atoms with Crippen molar-refractivity contribution in [3.05, 3.63) is 29.1 Å². The number of aliphatic carboxylic acids is 1. The first kappa shape index (κ1) is 10.7. The zero-order valence-electron chi connectivity index (χ0n) is 9.56. The Kier molecular flexibility index (Phi) is 2.59. The molecule has 1 aromatic rings.